The maximum atomic E-state index is 12.6. The molecule has 7 heteroatoms. The molecule has 0 aliphatic heterocycles. The molecule has 2 N–H and O–H groups in total. The van der Waals surface area contributed by atoms with Gasteiger partial charge in [0.2, 0.25) is 0 Å². The van der Waals surface area contributed by atoms with Crippen LogP contribution in [0.1, 0.15) is 42.0 Å². The van der Waals surface area contributed by atoms with E-state index in [1.165, 1.54) is 0 Å². The van der Waals surface area contributed by atoms with Crippen molar-refractivity contribution >= 4 is 33.5 Å². The number of amides is 1. The van der Waals surface area contributed by atoms with Gasteiger partial charge < -0.3 is 10.4 Å². The van der Waals surface area contributed by atoms with Crippen LogP contribution in [0, 0.1) is 19.8 Å². The van der Waals surface area contributed by atoms with Crippen molar-refractivity contribution < 1.29 is 14.7 Å². The Morgan fingerprint density at radius 2 is 2.09 bits per heavy atom. The maximum absolute atomic E-state index is 12.6. The van der Waals surface area contributed by atoms with E-state index >= 15 is 0 Å². The Kier molecular flexibility index (Phi) is 5.09. The SMILES string of the molecule is CCC(C)C(NC(=O)c1c(C)nc2c(C)cc(Br)cn12)C(=O)O. The number of carboxylic acid groups (broad SMARTS) is 1. The smallest absolute Gasteiger partial charge is 0.326 e. The van der Waals surface area contributed by atoms with E-state index in [0.29, 0.717) is 23.5 Å². The summed E-state index contributed by atoms with van der Waals surface area (Å²) in [5, 5.41) is 12.0. The van der Waals surface area contributed by atoms with Crippen LogP contribution >= 0.6 is 15.9 Å². The topological polar surface area (TPSA) is 83.7 Å². The van der Waals surface area contributed by atoms with Crippen LogP contribution < -0.4 is 5.32 Å². The van der Waals surface area contributed by atoms with Crippen molar-refractivity contribution in [3.05, 3.63) is 33.7 Å². The first-order valence-corrected chi connectivity index (χ1v) is 8.24. The van der Waals surface area contributed by atoms with E-state index in [9.17, 15) is 14.7 Å². The summed E-state index contributed by atoms with van der Waals surface area (Å²) in [6.07, 6.45) is 2.42. The molecular formula is C16H20BrN3O3. The summed E-state index contributed by atoms with van der Waals surface area (Å²) in [4.78, 5) is 28.5. The summed E-state index contributed by atoms with van der Waals surface area (Å²) in [6.45, 7) is 7.36. The van der Waals surface area contributed by atoms with Crippen LogP contribution in [0.25, 0.3) is 5.65 Å². The molecule has 0 bridgehead atoms. The molecule has 2 aromatic rings. The third kappa shape index (κ3) is 3.39. The van der Waals surface area contributed by atoms with E-state index in [2.05, 4.69) is 26.2 Å². The number of imidazole rings is 1. The van der Waals surface area contributed by atoms with Gasteiger partial charge in [0.1, 0.15) is 17.4 Å². The van der Waals surface area contributed by atoms with E-state index in [4.69, 9.17) is 0 Å². The predicted molar refractivity (Wildman–Crippen MR) is 90.7 cm³/mol. The number of aliphatic carboxylic acids is 1. The Balaban J connectivity index is 2.45. The highest BCUT2D eigenvalue weighted by Gasteiger charge is 2.28. The quantitative estimate of drug-likeness (QED) is 0.833. The number of pyridine rings is 1. The molecule has 2 aromatic heterocycles. The number of carbonyl (C=O) groups is 2. The normalized spacial score (nSPS) is 13.8. The summed E-state index contributed by atoms with van der Waals surface area (Å²) in [5.74, 6) is -1.62. The minimum atomic E-state index is -1.03. The summed E-state index contributed by atoms with van der Waals surface area (Å²) < 4.78 is 2.52. The van der Waals surface area contributed by atoms with Gasteiger partial charge in [-0.25, -0.2) is 9.78 Å². The van der Waals surface area contributed by atoms with Crippen LogP contribution in [0.5, 0.6) is 0 Å². The van der Waals surface area contributed by atoms with Crippen LogP contribution in [0.3, 0.4) is 0 Å². The fourth-order valence-corrected chi connectivity index (χ4v) is 3.10. The molecule has 124 valence electrons. The van der Waals surface area contributed by atoms with Gasteiger partial charge in [0, 0.05) is 10.7 Å². The molecule has 2 unspecified atom stereocenters. The predicted octanol–water partition coefficient (Wildman–Crippen LogP) is 2.94. The zero-order valence-electron chi connectivity index (χ0n) is 13.6. The van der Waals surface area contributed by atoms with Crippen molar-refractivity contribution in [2.45, 2.75) is 40.2 Å². The lowest BCUT2D eigenvalue weighted by Gasteiger charge is -2.20. The minimum Gasteiger partial charge on any atom is -0.480 e. The van der Waals surface area contributed by atoms with Crippen LogP contribution in [0.4, 0.5) is 0 Å². The molecule has 0 saturated heterocycles. The molecule has 0 aliphatic carbocycles. The minimum absolute atomic E-state index is 0.163. The van der Waals surface area contributed by atoms with Gasteiger partial charge in [0.15, 0.2) is 0 Å². The number of carbonyl (C=O) groups excluding carboxylic acids is 1. The van der Waals surface area contributed by atoms with Gasteiger partial charge >= 0.3 is 5.97 Å². The first-order chi connectivity index (χ1) is 10.8. The molecule has 0 aliphatic rings. The number of nitrogens with zero attached hydrogens (tertiary/aromatic N) is 2. The first kappa shape index (κ1) is 17.5. The number of aromatic nitrogens is 2. The molecule has 0 saturated carbocycles. The Morgan fingerprint density at radius 3 is 2.65 bits per heavy atom. The molecule has 0 fully saturated rings. The number of halogens is 1. The average molecular weight is 382 g/mol. The lowest BCUT2D eigenvalue weighted by molar-refractivity contribution is -0.140. The van der Waals surface area contributed by atoms with Crippen molar-refractivity contribution in [1.29, 1.82) is 0 Å². The number of carboxylic acids is 1. The van der Waals surface area contributed by atoms with E-state index in [-0.39, 0.29) is 5.92 Å². The van der Waals surface area contributed by atoms with Gasteiger partial charge in [0.25, 0.3) is 5.91 Å². The van der Waals surface area contributed by atoms with Gasteiger partial charge in [-0.05, 0) is 47.3 Å². The fourth-order valence-electron chi connectivity index (χ4n) is 2.55. The maximum Gasteiger partial charge on any atom is 0.326 e. The summed E-state index contributed by atoms with van der Waals surface area (Å²) in [5.41, 5.74) is 2.54. The second-order valence-electron chi connectivity index (χ2n) is 5.76. The first-order valence-electron chi connectivity index (χ1n) is 7.44. The van der Waals surface area contributed by atoms with Crippen molar-refractivity contribution in [1.82, 2.24) is 14.7 Å². The molecule has 0 radical (unpaired) electrons. The van der Waals surface area contributed by atoms with E-state index in [1.807, 2.05) is 19.9 Å². The Labute approximate surface area is 143 Å². The van der Waals surface area contributed by atoms with Crippen LogP contribution in [0.2, 0.25) is 0 Å². The number of fused-ring (bicyclic) bond motifs is 1. The number of aryl methyl sites for hydroxylation is 2. The summed E-state index contributed by atoms with van der Waals surface area (Å²) >= 11 is 3.41. The lowest BCUT2D eigenvalue weighted by atomic mass is 9.99. The molecule has 23 heavy (non-hydrogen) atoms. The van der Waals surface area contributed by atoms with Crippen LogP contribution in [-0.4, -0.2) is 32.4 Å². The van der Waals surface area contributed by atoms with Gasteiger partial charge in [-0.15, -0.1) is 0 Å². The third-order valence-corrected chi connectivity index (χ3v) is 4.46. The van der Waals surface area contributed by atoms with Crippen LogP contribution in [-0.2, 0) is 4.79 Å². The van der Waals surface area contributed by atoms with Crippen molar-refractivity contribution in [3.8, 4) is 0 Å². The van der Waals surface area contributed by atoms with Gasteiger partial charge in [0.05, 0.1) is 5.69 Å². The average Bonchev–Trinajstić information content (AvgIpc) is 2.80. The number of hydrogen-bond acceptors (Lipinski definition) is 3. The second-order valence-corrected chi connectivity index (χ2v) is 6.67. The van der Waals surface area contributed by atoms with E-state index in [1.54, 1.807) is 24.4 Å². The highest BCUT2D eigenvalue weighted by Crippen LogP contribution is 2.21. The Morgan fingerprint density at radius 1 is 1.43 bits per heavy atom. The number of hydrogen-bond donors (Lipinski definition) is 2. The number of rotatable bonds is 5. The Bertz CT molecular complexity index is 770. The zero-order valence-corrected chi connectivity index (χ0v) is 15.1. The standard InChI is InChI=1S/C16H20BrN3O3/c1-5-8(2)12(16(22)23)19-15(21)13-10(4)18-14-9(3)6-11(17)7-20(13)14/h6-8,12H,5H2,1-4H3,(H,19,21)(H,22,23). The molecule has 2 heterocycles. The molecule has 1 amide bonds. The van der Waals surface area contributed by atoms with Crippen molar-refractivity contribution in [2.75, 3.05) is 0 Å². The summed E-state index contributed by atoms with van der Waals surface area (Å²) in [6, 6.07) is 0.994. The van der Waals surface area contributed by atoms with Gasteiger partial charge in [-0.2, -0.15) is 0 Å². The largest absolute Gasteiger partial charge is 0.480 e. The highest BCUT2D eigenvalue weighted by atomic mass is 79.9. The van der Waals surface area contributed by atoms with E-state index in [0.717, 1.165) is 10.0 Å². The highest BCUT2D eigenvalue weighted by molar-refractivity contribution is 9.10. The molecule has 0 aromatic carbocycles. The zero-order chi connectivity index (χ0) is 17.3. The monoisotopic (exact) mass is 381 g/mol. The molecule has 2 atom stereocenters. The van der Waals surface area contributed by atoms with Gasteiger partial charge in [-0.3, -0.25) is 9.20 Å². The van der Waals surface area contributed by atoms with Gasteiger partial charge in [-0.1, -0.05) is 20.3 Å². The fraction of sp³-hybridized carbons (Fsp3) is 0.438. The van der Waals surface area contributed by atoms with E-state index < -0.39 is 17.9 Å². The van der Waals surface area contributed by atoms with Crippen molar-refractivity contribution in [3.63, 3.8) is 0 Å². The second kappa shape index (κ2) is 6.70. The van der Waals surface area contributed by atoms with Crippen molar-refractivity contribution in [2.24, 2.45) is 5.92 Å². The molecule has 2 rings (SSSR count). The lowest BCUT2D eigenvalue weighted by Crippen LogP contribution is -2.45. The number of nitrogens with one attached hydrogen (secondary N) is 1. The third-order valence-electron chi connectivity index (χ3n) is 4.03. The molecule has 0 spiro atoms. The Hall–Kier alpha value is -1.89. The van der Waals surface area contributed by atoms with Crippen LogP contribution in [0.15, 0.2) is 16.7 Å². The molecule has 6 nitrogen and oxygen atoms in total. The summed E-state index contributed by atoms with van der Waals surface area (Å²) in [7, 11) is 0. The molecular weight excluding hydrogens is 362 g/mol.